The average molecular weight is 779 g/mol. The molecule has 0 aliphatic heterocycles. The van der Waals surface area contributed by atoms with Crippen molar-refractivity contribution in [3.05, 3.63) is 0 Å². The van der Waals surface area contributed by atoms with Crippen molar-refractivity contribution in [2.75, 3.05) is 19.8 Å². The molecule has 0 aliphatic rings. The van der Waals surface area contributed by atoms with Gasteiger partial charge in [0.05, 0.1) is 19.8 Å². The summed E-state index contributed by atoms with van der Waals surface area (Å²) in [5.74, 6) is 1.88. The fourth-order valence-corrected chi connectivity index (χ4v) is 4.53. The van der Waals surface area contributed by atoms with Gasteiger partial charge in [-0.05, 0) is 37.0 Å². The van der Waals surface area contributed by atoms with E-state index < -0.39 is 8.60 Å². The fraction of sp³-hybridized carbons (Fsp3) is 1.00. The Hall–Kier alpha value is 2.21. The molecule has 0 aliphatic carbocycles. The first-order valence-electron chi connectivity index (χ1n) is 12.3. The molecule has 0 N–H and O–H groups in total. The minimum Gasteiger partial charge on any atom is -1.00 e. The molecule has 3 unspecified atom stereocenters. The molecule has 0 fully saturated rings. The van der Waals surface area contributed by atoms with E-state index in [4.69, 9.17) is 13.6 Å². The predicted octanol–water partition coefficient (Wildman–Crippen LogP) is 2.92. The van der Waals surface area contributed by atoms with Gasteiger partial charge in [0.1, 0.15) is 0 Å². The largest absolute Gasteiger partial charge is 2.00 e. The van der Waals surface area contributed by atoms with Crippen LogP contribution in [0.3, 0.4) is 0 Å². The normalized spacial score (nSPS) is 14.5. The van der Waals surface area contributed by atoms with Crippen LogP contribution in [0.4, 0.5) is 0 Å². The van der Waals surface area contributed by atoms with E-state index in [2.05, 4.69) is 41.5 Å². The van der Waals surface area contributed by atoms with Gasteiger partial charge in [-0.3, -0.25) is 0 Å². The molecule has 7 heteroatoms. The summed E-state index contributed by atoms with van der Waals surface area (Å²) in [6.45, 7) is 15.9. The zero-order valence-corrected chi connectivity index (χ0v) is 31.0. The van der Waals surface area contributed by atoms with E-state index in [0.717, 1.165) is 19.8 Å². The van der Waals surface area contributed by atoms with Crippen molar-refractivity contribution < 1.29 is 75.2 Å². The summed E-state index contributed by atoms with van der Waals surface area (Å²) < 4.78 is 18.6. The zero-order chi connectivity index (χ0) is 21.0. The first-order valence-corrected chi connectivity index (χ1v) is 13.4. The maximum atomic E-state index is 6.21. The molecule has 0 spiro atoms. The summed E-state index contributed by atoms with van der Waals surface area (Å²) in [6.07, 6.45) is 14.9. The van der Waals surface area contributed by atoms with E-state index >= 15 is 0 Å². The summed E-state index contributed by atoms with van der Waals surface area (Å²) in [7, 11) is -1.22. The van der Waals surface area contributed by atoms with Gasteiger partial charge >= 0.3 is 36.3 Å². The Kier molecular flexibility index (Phi) is 39.4. The SMILES string of the molecule is CCCCC(CC)COP(OCC(CC)CCCC)OCC(CC)CCCC.[Br-].[Br-].[Hg+2]. The summed E-state index contributed by atoms with van der Waals surface area (Å²) >= 11 is 0. The van der Waals surface area contributed by atoms with E-state index in [1.807, 2.05) is 0 Å². The van der Waals surface area contributed by atoms with Gasteiger partial charge in [-0.2, -0.15) is 0 Å². The third kappa shape index (κ3) is 23.7. The van der Waals surface area contributed by atoms with E-state index in [1.165, 1.54) is 77.0 Å². The number of hydrogen-bond acceptors (Lipinski definition) is 3. The van der Waals surface area contributed by atoms with Crippen LogP contribution in [0, 0.1) is 17.8 Å². The topological polar surface area (TPSA) is 27.7 Å². The van der Waals surface area contributed by atoms with Crippen LogP contribution in [-0.2, 0) is 41.2 Å². The summed E-state index contributed by atoms with van der Waals surface area (Å²) in [5.41, 5.74) is 0. The molecule has 0 bridgehead atoms. The van der Waals surface area contributed by atoms with Crippen molar-refractivity contribution in [2.45, 2.75) is 119 Å². The fourth-order valence-electron chi connectivity index (χ4n) is 3.30. The predicted molar refractivity (Wildman–Crippen MR) is 125 cm³/mol. The van der Waals surface area contributed by atoms with Gasteiger partial charge in [0.15, 0.2) is 0 Å². The van der Waals surface area contributed by atoms with Crippen molar-refractivity contribution >= 4 is 8.60 Å². The van der Waals surface area contributed by atoms with Crippen molar-refractivity contribution in [3.8, 4) is 0 Å². The van der Waals surface area contributed by atoms with Crippen LogP contribution in [0.15, 0.2) is 0 Å². The van der Waals surface area contributed by atoms with Gasteiger partial charge in [0.2, 0.25) is 0 Å². The molecule has 0 rings (SSSR count). The second-order valence-corrected chi connectivity index (χ2v) is 9.58. The monoisotopic (exact) mass is 778 g/mol. The minimum atomic E-state index is -1.22. The average Bonchev–Trinajstić information content (AvgIpc) is 2.73. The molecule has 0 saturated carbocycles. The standard InChI is InChI=1S/C24H51O3P.2BrH.Hg/c1-7-13-16-22(10-4)19-25-28(26-20-23(11-5)17-14-8-2)27-21-24(12-6)18-15-9-3;;;/h22-24H,7-21H2,1-6H3;2*1H;/q;;;+2/p-2. The molecule has 0 radical (unpaired) electrons. The molecule has 3 nitrogen and oxygen atoms in total. The Bertz CT molecular complexity index is 284. The van der Waals surface area contributed by atoms with Crippen LogP contribution in [0.5, 0.6) is 0 Å². The Labute approximate surface area is 238 Å². The molecule has 186 valence electrons. The molecule has 0 aromatic heterocycles. The second-order valence-electron chi connectivity index (χ2n) is 8.36. The second kappa shape index (κ2) is 30.2. The Morgan fingerprint density at radius 1 is 0.516 bits per heavy atom. The number of halogens is 2. The van der Waals surface area contributed by atoms with Crippen molar-refractivity contribution in [2.24, 2.45) is 17.8 Å². The van der Waals surface area contributed by atoms with Crippen molar-refractivity contribution in [1.29, 1.82) is 0 Å². The van der Waals surface area contributed by atoms with Gasteiger partial charge in [-0.15, -0.1) is 0 Å². The number of unbranched alkanes of at least 4 members (excludes halogenated alkanes) is 3. The van der Waals surface area contributed by atoms with Crippen LogP contribution < -0.4 is 34.0 Å². The van der Waals surface area contributed by atoms with Crippen LogP contribution in [0.1, 0.15) is 119 Å². The molecule has 3 atom stereocenters. The quantitative estimate of drug-likeness (QED) is 0.133. The summed E-state index contributed by atoms with van der Waals surface area (Å²) in [4.78, 5) is 0. The zero-order valence-electron chi connectivity index (χ0n) is 21.5. The van der Waals surface area contributed by atoms with Crippen LogP contribution in [-0.4, -0.2) is 19.8 Å². The third-order valence-corrected chi connectivity index (χ3v) is 6.96. The van der Waals surface area contributed by atoms with Gasteiger partial charge in [0, 0.05) is 0 Å². The smallest absolute Gasteiger partial charge is 1.00 e. The van der Waals surface area contributed by atoms with Gasteiger partial charge in [0.25, 0.3) is 0 Å². The van der Waals surface area contributed by atoms with Gasteiger partial charge in [-0.1, -0.05) is 99.3 Å². The van der Waals surface area contributed by atoms with Crippen LogP contribution >= 0.6 is 8.60 Å². The molecule has 0 aromatic rings. The Morgan fingerprint density at radius 3 is 0.968 bits per heavy atom. The molecule has 0 aromatic carbocycles. The van der Waals surface area contributed by atoms with E-state index in [0.29, 0.717) is 17.8 Å². The molecular formula is C24H51Br2HgO3P. The third-order valence-electron chi connectivity index (χ3n) is 5.88. The maximum absolute atomic E-state index is 6.21. The maximum Gasteiger partial charge on any atom is 2.00 e. The Morgan fingerprint density at radius 2 is 0.774 bits per heavy atom. The van der Waals surface area contributed by atoms with Crippen LogP contribution in [0.2, 0.25) is 0 Å². The van der Waals surface area contributed by atoms with E-state index in [1.54, 1.807) is 0 Å². The first kappa shape index (κ1) is 40.4. The van der Waals surface area contributed by atoms with Crippen molar-refractivity contribution in [3.63, 3.8) is 0 Å². The van der Waals surface area contributed by atoms with E-state index in [9.17, 15) is 0 Å². The van der Waals surface area contributed by atoms with Crippen molar-refractivity contribution in [1.82, 2.24) is 0 Å². The van der Waals surface area contributed by atoms with E-state index in [-0.39, 0.29) is 61.6 Å². The molecule has 0 heterocycles. The summed E-state index contributed by atoms with van der Waals surface area (Å²) in [6, 6.07) is 0. The minimum absolute atomic E-state index is 0. The van der Waals surface area contributed by atoms with Crippen LogP contribution in [0.25, 0.3) is 0 Å². The Balaban J connectivity index is -0.00000121. The van der Waals surface area contributed by atoms with Gasteiger partial charge < -0.3 is 47.5 Å². The molecule has 0 amide bonds. The first-order chi connectivity index (χ1) is 13.6. The number of rotatable bonds is 21. The van der Waals surface area contributed by atoms with Gasteiger partial charge in [-0.25, -0.2) is 0 Å². The molecule has 31 heavy (non-hydrogen) atoms. The molecule has 0 saturated heterocycles. The summed E-state index contributed by atoms with van der Waals surface area (Å²) in [5, 5.41) is 0. The molecular weight excluding hydrogens is 728 g/mol. The number of hydrogen-bond donors (Lipinski definition) is 0.